The molecule has 0 aliphatic heterocycles. The standard InChI is InChI=1S/C15H24N2O2/c1-4-17-11-13-10-12(2)7-8-14(13)19-9-5-6-15(18)16-3/h7-8,10,17H,4-6,9,11H2,1-3H3,(H,16,18). The van der Waals surface area contributed by atoms with Gasteiger partial charge in [0.25, 0.3) is 0 Å². The van der Waals surface area contributed by atoms with Gasteiger partial charge in [0.2, 0.25) is 5.91 Å². The Morgan fingerprint density at radius 1 is 1.37 bits per heavy atom. The summed E-state index contributed by atoms with van der Waals surface area (Å²) in [6.07, 6.45) is 1.24. The van der Waals surface area contributed by atoms with Gasteiger partial charge in [-0.2, -0.15) is 0 Å². The number of amides is 1. The van der Waals surface area contributed by atoms with Crippen molar-refractivity contribution in [2.45, 2.75) is 33.2 Å². The maximum Gasteiger partial charge on any atom is 0.219 e. The van der Waals surface area contributed by atoms with Gasteiger partial charge >= 0.3 is 0 Å². The van der Waals surface area contributed by atoms with Crippen molar-refractivity contribution in [3.63, 3.8) is 0 Å². The van der Waals surface area contributed by atoms with Crippen LogP contribution in [0.5, 0.6) is 5.75 Å². The zero-order valence-corrected chi connectivity index (χ0v) is 12.1. The highest BCUT2D eigenvalue weighted by Crippen LogP contribution is 2.20. The van der Waals surface area contributed by atoms with Crippen LogP contribution in [0.15, 0.2) is 18.2 Å². The molecule has 106 valence electrons. The van der Waals surface area contributed by atoms with E-state index < -0.39 is 0 Å². The molecule has 0 saturated heterocycles. The van der Waals surface area contributed by atoms with Crippen molar-refractivity contribution in [1.82, 2.24) is 10.6 Å². The van der Waals surface area contributed by atoms with Crippen LogP contribution < -0.4 is 15.4 Å². The van der Waals surface area contributed by atoms with E-state index in [1.807, 2.05) is 12.1 Å². The van der Waals surface area contributed by atoms with E-state index in [9.17, 15) is 4.79 Å². The molecule has 0 heterocycles. The lowest BCUT2D eigenvalue weighted by Crippen LogP contribution is -2.18. The third-order valence-electron chi connectivity index (χ3n) is 2.87. The first-order valence-corrected chi connectivity index (χ1v) is 6.81. The minimum atomic E-state index is 0.0559. The summed E-state index contributed by atoms with van der Waals surface area (Å²) in [7, 11) is 1.65. The normalized spacial score (nSPS) is 10.3. The molecular weight excluding hydrogens is 240 g/mol. The molecule has 1 aromatic rings. The van der Waals surface area contributed by atoms with Crippen molar-refractivity contribution >= 4 is 5.91 Å². The van der Waals surface area contributed by atoms with Gasteiger partial charge < -0.3 is 15.4 Å². The fraction of sp³-hybridized carbons (Fsp3) is 0.533. The van der Waals surface area contributed by atoms with Crippen molar-refractivity contribution in [2.24, 2.45) is 0 Å². The largest absolute Gasteiger partial charge is 0.493 e. The van der Waals surface area contributed by atoms with E-state index in [0.717, 1.165) is 25.3 Å². The molecule has 2 N–H and O–H groups in total. The molecular formula is C15H24N2O2. The van der Waals surface area contributed by atoms with Crippen molar-refractivity contribution in [2.75, 3.05) is 20.2 Å². The van der Waals surface area contributed by atoms with Crippen LogP contribution in [0.25, 0.3) is 0 Å². The van der Waals surface area contributed by atoms with Crippen LogP contribution >= 0.6 is 0 Å². The summed E-state index contributed by atoms with van der Waals surface area (Å²) in [5.41, 5.74) is 2.40. The first-order chi connectivity index (χ1) is 9.17. The van der Waals surface area contributed by atoms with Crippen LogP contribution in [-0.2, 0) is 11.3 Å². The van der Waals surface area contributed by atoms with Gasteiger partial charge in [0.1, 0.15) is 5.75 Å². The Balaban J connectivity index is 2.49. The molecule has 0 aliphatic rings. The minimum absolute atomic E-state index is 0.0559. The van der Waals surface area contributed by atoms with E-state index in [0.29, 0.717) is 13.0 Å². The molecule has 0 saturated carbocycles. The van der Waals surface area contributed by atoms with Gasteiger partial charge in [-0.1, -0.05) is 24.6 Å². The predicted molar refractivity (Wildman–Crippen MR) is 77.4 cm³/mol. The number of aryl methyl sites for hydroxylation is 1. The SMILES string of the molecule is CCNCc1cc(C)ccc1OCCCC(=O)NC. The van der Waals surface area contributed by atoms with E-state index >= 15 is 0 Å². The van der Waals surface area contributed by atoms with Gasteiger partial charge in [-0.05, 0) is 26.0 Å². The molecule has 0 radical (unpaired) electrons. The predicted octanol–water partition coefficient (Wildman–Crippen LogP) is 2.01. The maximum atomic E-state index is 11.1. The zero-order valence-electron chi connectivity index (χ0n) is 12.1. The van der Waals surface area contributed by atoms with Crippen molar-refractivity contribution < 1.29 is 9.53 Å². The number of hydrogen-bond donors (Lipinski definition) is 2. The molecule has 0 fully saturated rings. The first-order valence-electron chi connectivity index (χ1n) is 6.81. The molecule has 4 nitrogen and oxygen atoms in total. The number of benzene rings is 1. The number of carbonyl (C=O) groups excluding carboxylic acids is 1. The molecule has 19 heavy (non-hydrogen) atoms. The quantitative estimate of drug-likeness (QED) is 0.706. The van der Waals surface area contributed by atoms with Crippen LogP contribution in [-0.4, -0.2) is 26.1 Å². The van der Waals surface area contributed by atoms with E-state index in [1.165, 1.54) is 11.1 Å². The minimum Gasteiger partial charge on any atom is -0.493 e. The molecule has 0 aromatic heterocycles. The fourth-order valence-corrected chi connectivity index (χ4v) is 1.79. The number of nitrogens with one attached hydrogen (secondary N) is 2. The summed E-state index contributed by atoms with van der Waals surface area (Å²) in [6, 6.07) is 6.18. The molecule has 0 atom stereocenters. The van der Waals surface area contributed by atoms with Crippen LogP contribution in [0.1, 0.15) is 30.9 Å². The van der Waals surface area contributed by atoms with Gasteiger partial charge in [-0.15, -0.1) is 0 Å². The summed E-state index contributed by atoms with van der Waals surface area (Å²) in [5.74, 6) is 0.962. The molecule has 0 bridgehead atoms. The Morgan fingerprint density at radius 2 is 2.16 bits per heavy atom. The third kappa shape index (κ3) is 5.75. The van der Waals surface area contributed by atoms with Crippen molar-refractivity contribution in [1.29, 1.82) is 0 Å². The molecule has 1 aromatic carbocycles. The third-order valence-corrected chi connectivity index (χ3v) is 2.87. The molecule has 1 rings (SSSR count). The monoisotopic (exact) mass is 264 g/mol. The van der Waals surface area contributed by atoms with E-state index in [4.69, 9.17) is 4.74 Å². The number of ether oxygens (including phenoxy) is 1. The van der Waals surface area contributed by atoms with E-state index in [1.54, 1.807) is 7.05 Å². The van der Waals surface area contributed by atoms with Gasteiger partial charge in [0, 0.05) is 25.6 Å². The summed E-state index contributed by atoms with van der Waals surface area (Å²) in [6.45, 7) is 6.47. The number of carbonyl (C=O) groups is 1. The Hall–Kier alpha value is -1.55. The number of hydrogen-bond acceptors (Lipinski definition) is 3. The molecule has 1 amide bonds. The zero-order chi connectivity index (χ0) is 14.1. The lowest BCUT2D eigenvalue weighted by atomic mass is 10.1. The van der Waals surface area contributed by atoms with Gasteiger partial charge in [-0.25, -0.2) is 0 Å². The lowest BCUT2D eigenvalue weighted by Gasteiger charge is -2.12. The highest BCUT2D eigenvalue weighted by atomic mass is 16.5. The van der Waals surface area contributed by atoms with Gasteiger partial charge in [0.15, 0.2) is 0 Å². The fourth-order valence-electron chi connectivity index (χ4n) is 1.79. The van der Waals surface area contributed by atoms with Crippen LogP contribution in [0.3, 0.4) is 0 Å². The Morgan fingerprint density at radius 3 is 2.84 bits per heavy atom. The highest BCUT2D eigenvalue weighted by molar-refractivity contribution is 5.75. The summed E-state index contributed by atoms with van der Waals surface area (Å²) in [4.78, 5) is 11.1. The molecule has 0 spiro atoms. The second kappa shape index (κ2) is 8.53. The number of rotatable bonds is 8. The van der Waals surface area contributed by atoms with E-state index in [2.05, 4.69) is 30.5 Å². The van der Waals surface area contributed by atoms with E-state index in [-0.39, 0.29) is 5.91 Å². The summed E-state index contributed by atoms with van der Waals surface area (Å²) >= 11 is 0. The summed E-state index contributed by atoms with van der Waals surface area (Å²) in [5, 5.41) is 5.91. The van der Waals surface area contributed by atoms with Crippen LogP contribution in [0.4, 0.5) is 0 Å². The highest BCUT2D eigenvalue weighted by Gasteiger charge is 2.04. The second-order valence-corrected chi connectivity index (χ2v) is 4.52. The van der Waals surface area contributed by atoms with Gasteiger partial charge in [0.05, 0.1) is 6.61 Å². The average Bonchev–Trinajstić information content (AvgIpc) is 2.42. The Labute approximate surface area is 115 Å². The van der Waals surface area contributed by atoms with Crippen LogP contribution in [0.2, 0.25) is 0 Å². The molecule has 0 unspecified atom stereocenters. The van der Waals surface area contributed by atoms with Crippen molar-refractivity contribution in [3.05, 3.63) is 29.3 Å². The maximum absolute atomic E-state index is 11.1. The average molecular weight is 264 g/mol. The Kier molecular flexibility index (Phi) is 6.97. The second-order valence-electron chi connectivity index (χ2n) is 4.52. The lowest BCUT2D eigenvalue weighted by molar-refractivity contribution is -0.120. The van der Waals surface area contributed by atoms with Crippen molar-refractivity contribution in [3.8, 4) is 5.75 Å². The Bertz CT molecular complexity index is 405. The van der Waals surface area contributed by atoms with Crippen LogP contribution in [0, 0.1) is 6.92 Å². The smallest absolute Gasteiger partial charge is 0.219 e. The summed E-state index contributed by atoms with van der Waals surface area (Å²) < 4.78 is 5.76. The van der Waals surface area contributed by atoms with Gasteiger partial charge in [-0.3, -0.25) is 4.79 Å². The molecule has 4 heteroatoms. The topological polar surface area (TPSA) is 50.4 Å². The first kappa shape index (κ1) is 15.5. The molecule has 0 aliphatic carbocycles.